The van der Waals surface area contributed by atoms with Crippen LogP contribution in [0.5, 0.6) is 11.5 Å². The van der Waals surface area contributed by atoms with Crippen molar-refractivity contribution in [2.24, 2.45) is 0 Å². The van der Waals surface area contributed by atoms with Crippen LogP contribution in [0.15, 0.2) is 71.6 Å². The van der Waals surface area contributed by atoms with E-state index in [4.69, 9.17) is 4.42 Å². The molecular weight excluding hydrogens is 352 g/mol. The number of phenolic OH excluding ortho intramolecular Hbond substituents is 2. The molecule has 0 amide bonds. The number of aromatic nitrogens is 2. The molecule has 0 aliphatic heterocycles. The number of rotatable bonds is 4. The van der Waals surface area contributed by atoms with Crippen LogP contribution < -0.4 is 0 Å². The molecule has 0 fully saturated rings. The monoisotopic (exact) mass is 372 g/mol. The van der Waals surface area contributed by atoms with Gasteiger partial charge in [0.1, 0.15) is 17.2 Å². The molecule has 140 valence electrons. The first kappa shape index (κ1) is 17.8. The van der Waals surface area contributed by atoms with E-state index in [9.17, 15) is 10.2 Å². The molecule has 0 aliphatic rings. The van der Waals surface area contributed by atoms with Crippen molar-refractivity contribution in [2.75, 3.05) is 0 Å². The molecule has 2 aromatic carbocycles. The maximum absolute atomic E-state index is 10.4. The Labute approximate surface area is 163 Å². The number of aromatic hydroxyl groups is 2. The van der Waals surface area contributed by atoms with Crippen molar-refractivity contribution in [2.45, 2.75) is 19.8 Å². The van der Waals surface area contributed by atoms with Gasteiger partial charge in [0.15, 0.2) is 12.2 Å². The van der Waals surface area contributed by atoms with Crippen molar-refractivity contribution >= 4 is 0 Å². The van der Waals surface area contributed by atoms with Crippen molar-refractivity contribution in [1.29, 1.82) is 0 Å². The van der Waals surface area contributed by atoms with Gasteiger partial charge in [0.2, 0.25) is 0 Å². The molecule has 0 atom stereocenters. The summed E-state index contributed by atoms with van der Waals surface area (Å²) in [5.41, 5.74) is 4.53. The maximum Gasteiger partial charge on any atom is 0.182 e. The zero-order valence-corrected chi connectivity index (χ0v) is 15.6. The molecule has 2 heterocycles. The Kier molecular flexibility index (Phi) is 4.57. The zero-order valence-electron chi connectivity index (χ0n) is 15.6. The zero-order chi connectivity index (χ0) is 19.7. The minimum atomic E-state index is -0.0397. The van der Waals surface area contributed by atoms with Crippen molar-refractivity contribution in [1.82, 2.24) is 9.97 Å². The molecule has 0 radical (unpaired) electrons. The topological polar surface area (TPSA) is 79.4 Å². The molecule has 0 spiro atoms. The lowest BCUT2D eigenvalue weighted by Crippen LogP contribution is -1.91. The number of hydrogen-bond donors (Lipinski definition) is 2. The first-order valence-corrected chi connectivity index (χ1v) is 9.06. The molecule has 5 heteroatoms. The predicted octanol–water partition coefficient (Wildman–Crippen LogP) is 5.61. The van der Waals surface area contributed by atoms with Crippen molar-refractivity contribution < 1.29 is 14.6 Å². The first-order chi connectivity index (χ1) is 13.5. The minimum Gasteiger partial charge on any atom is -0.508 e. The molecule has 4 aromatic rings. The van der Waals surface area contributed by atoms with Gasteiger partial charge in [-0.15, -0.1) is 0 Å². The second-order valence-corrected chi connectivity index (χ2v) is 6.91. The van der Waals surface area contributed by atoms with Gasteiger partial charge in [0.25, 0.3) is 0 Å². The van der Waals surface area contributed by atoms with E-state index >= 15 is 0 Å². The lowest BCUT2D eigenvalue weighted by Gasteiger charge is -2.12. The van der Waals surface area contributed by atoms with E-state index in [0.717, 1.165) is 22.4 Å². The average molecular weight is 372 g/mol. The largest absolute Gasteiger partial charge is 0.508 e. The van der Waals surface area contributed by atoms with E-state index in [2.05, 4.69) is 9.97 Å². The van der Waals surface area contributed by atoms with Gasteiger partial charge in [-0.2, -0.15) is 0 Å². The van der Waals surface area contributed by atoms with Crippen LogP contribution in [-0.4, -0.2) is 20.2 Å². The lowest BCUT2D eigenvalue weighted by molar-refractivity contribution is 0.445. The molecule has 0 bridgehead atoms. The minimum absolute atomic E-state index is 0.0397. The Morgan fingerprint density at radius 2 is 1.61 bits per heavy atom. The summed E-state index contributed by atoms with van der Waals surface area (Å²) in [6, 6.07) is 16.7. The molecule has 2 aromatic heterocycles. The Bertz CT molecular complexity index is 1100. The van der Waals surface area contributed by atoms with Crippen LogP contribution in [-0.2, 0) is 0 Å². The van der Waals surface area contributed by atoms with Crippen LogP contribution in [0, 0.1) is 0 Å². The summed E-state index contributed by atoms with van der Waals surface area (Å²) < 4.78 is 5.64. The third kappa shape index (κ3) is 3.22. The van der Waals surface area contributed by atoms with E-state index < -0.39 is 0 Å². The highest BCUT2D eigenvalue weighted by Crippen LogP contribution is 2.41. The molecule has 2 N–H and O–H groups in total. The van der Waals surface area contributed by atoms with Crippen LogP contribution in [0.2, 0.25) is 0 Å². The van der Waals surface area contributed by atoms with Gasteiger partial charge in [-0.25, -0.2) is 4.98 Å². The van der Waals surface area contributed by atoms with Crippen LogP contribution in [0.4, 0.5) is 0 Å². The first-order valence-electron chi connectivity index (χ1n) is 9.06. The van der Waals surface area contributed by atoms with Gasteiger partial charge in [-0.05, 0) is 29.7 Å². The molecule has 0 aliphatic carbocycles. The summed E-state index contributed by atoms with van der Waals surface area (Å²) in [4.78, 5) is 8.67. The van der Waals surface area contributed by atoms with E-state index in [0.29, 0.717) is 17.0 Å². The summed E-state index contributed by atoms with van der Waals surface area (Å²) >= 11 is 0. The number of benzene rings is 2. The van der Waals surface area contributed by atoms with Crippen molar-refractivity contribution in [3.05, 3.63) is 72.8 Å². The summed E-state index contributed by atoms with van der Waals surface area (Å²) in [5, 5.41) is 20.5. The maximum atomic E-state index is 10.4. The highest BCUT2D eigenvalue weighted by molar-refractivity contribution is 5.81. The quantitative estimate of drug-likeness (QED) is 0.487. The summed E-state index contributed by atoms with van der Waals surface area (Å²) in [6.45, 7) is 3.96. The van der Waals surface area contributed by atoms with Crippen molar-refractivity contribution in [3.8, 4) is 45.3 Å². The standard InChI is InChI=1S/C23H20N2O3/c1-14(2)17-11-18(21(27)12-20(17)26)22-23(28-13-25-22)16-8-6-15(7-9-16)19-5-3-4-10-24-19/h3-14,26-27H,1-2H3. The number of oxazole rings is 1. The fourth-order valence-electron chi connectivity index (χ4n) is 3.21. The summed E-state index contributed by atoms with van der Waals surface area (Å²) in [6.07, 6.45) is 3.12. The SMILES string of the molecule is CC(C)c1cc(-c2ncoc2-c2ccc(-c3ccccn3)cc2)c(O)cc1O. The Morgan fingerprint density at radius 1 is 0.857 bits per heavy atom. The molecule has 28 heavy (non-hydrogen) atoms. The summed E-state index contributed by atoms with van der Waals surface area (Å²) in [5.74, 6) is 0.693. The predicted molar refractivity (Wildman–Crippen MR) is 108 cm³/mol. The average Bonchev–Trinajstić information content (AvgIpc) is 3.18. The molecule has 0 unspecified atom stereocenters. The van der Waals surface area contributed by atoms with Gasteiger partial charge in [0.05, 0.1) is 5.69 Å². The highest BCUT2D eigenvalue weighted by Gasteiger charge is 2.19. The molecular formula is C23H20N2O3. The number of hydrogen-bond acceptors (Lipinski definition) is 5. The van der Waals surface area contributed by atoms with Gasteiger partial charge in [-0.3, -0.25) is 4.98 Å². The summed E-state index contributed by atoms with van der Waals surface area (Å²) in [7, 11) is 0. The molecule has 0 saturated carbocycles. The van der Waals surface area contributed by atoms with E-state index in [1.807, 2.05) is 56.3 Å². The Morgan fingerprint density at radius 3 is 2.29 bits per heavy atom. The van der Waals surface area contributed by atoms with Crippen LogP contribution in [0.3, 0.4) is 0 Å². The van der Waals surface area contributed by atoms with Crippen LogP contribution >= 0.6 is 0 Å². The van der Waals surface area contributed by atoms with Gasteiger partial charge in [0, 0.05) is 29.0 Å². The number of phenols is 2. The Balaban J connectivity index is 1.75. The van der Waals surface area contributed by atoms with Gasteiger partial charge >= 0.3 is 0 Å². The second kappa shape index (κ2) is 7.19. The molecule has 4 rings (SSSR count). The Hall–Kier alpha value is -3.60. The smallest absolute Gasteiger partial charge is 0.182 e. The normalized spacial score (nSPS) is 11.1. The number of pyridine rings is 1. The van der Waals surface area contributed by atoms with Crippen LogP contribution in [0.25, 0.3) is 33.8 Å². The third-order valence-corrected chi connectivity index (χ3v) is 4.70. The van der Waals surface area contributed by atoms with E-state index in [-0.39, 0.29) is 17.4 Å². The highest BCUT2D eigenvalue weighted by atomic mass is 16.3. The van der Waals surface area contributed by atoms with Crippen LogP contribution in [0.1, 0.15) is 25.3 Å². The molecule has 0 saturated heterocycles. The van der Waals surface area contributed by atoms with Crippen molar-refractivity contribution in [3.63, 3.8) is 0 Å². The van der Waals surface area contributed by atoms with Gasteiger partial charge < -0.3 is 14.6 Å². The lowest BCUT2D eigenvalue weighted by atomic mass is 9.96. The second-order valence-electron chi connectivity index (χ2n) is 6.91. The fraction of sp³-hybridized carbons (Fsp3) is 0.130. The molecule has 5 nitrogen and oxygen atoms in total. The van der Waals surface area contributed by atoms with E-state index in [1.165, 1.54) is 12.5 Å². The van der Waals surface area contributed by atoms with Gasteiger partial charge in [-0.1, -0.05) is 44.2 Å². The van der Waals surface area contributed by atoms with E-state index in [1.54, 1.807) is 12.3 Å². The number of nitrogens with zero attached hydrogens (tertiary/aromatic N) is 2. The fourth-order valence-corrected chi connectivity index (χ4v) is 3.21. The third-order valence-electron chi connectivity index (χ3n) is 4.70.